The molecule has 4 rings (SSSR count). The van der Waals surface area contributed by atoms with Gasteiger partial charge in [0.15, 0.2) is 0 Å². The average molecular weight is 333 g/mol. The van der Waals surface area contributed by atoms with E-state index in [1.54, 1.807) is 12.5 Å². The van der Waals surface area contributed by atoms with Crippen molar-refractivity contribution in [1.82, 2.24) is 14.9 Å². The number of aromatic nitrogens is 2. The van der Waals surface area contributed by atoms with E-state index in [0.29, 0.717) is 19.6 Å². The van der Waals surface area contributed by atoms with Gasteiger partial charge in [-0.25, -0.2) is 4.98 Å². The Kier molecular flexibility index (Phi) is 4.21. The Hall–Kier alpha value is -3.08. The molecule has 0 radical (unpaired) electrons. The van der Waals surface area contributed by atoms with Crippen LogP contribution in [-0.2, 0) is 11.3 Å². The third-order valence-corrected chi connectivity index (χ3v) is 4.48. The zero-order valence-electron chi connectivity index (χ0n) is 13.8. The zero-order valence-corrected chi connectivity index (χ0v) is 13.8. The first-order valence-corrected chi connectivity index (χ1v) is 8.38. The van der Waals surface area contributed by atoms with Gasteiger partial charge in [0.05, 0.1) is 18.9 Å². The maximum Gasteiger partial charge on any atom is 0.228 e. The number of hydrogen-bond acceptors (Lipinski definition) is 3. The van der Waals surface area contributed by atoms with Crippen LogP contribution in [0.2, 0.25) is 0 Å². The van der Waals surface area contributed by atoms with E-state index in [1.165, 1.54) is 0 Å². The maximum atomic E-state index is 12.6. The zero-order chi connectivity index (χ0) is 17.1. The Morgan fingerprint density at radius 2 is 2.04 bits per heavy atom. The van der Waals surface area contributed by atoms with E-state index in [0.717, 1.165) is 22.6 Å². The fourth-order valence-electron chi connectivity index (χ4n) is 3.12. The lowest BCUT2D eigenvalue weighted by atomic mass is 9.92. The number of hydrogen-bond donors (Lipinski definition) is 1. The van der Waals surface area contributed by atoms with Crippen LogP contribution in [0.15, 0.2) is 67.3 Å². The molecule has 1 N–H and O–H groups in total. The van der Waals surface area contributed by atoms with Crippen molar-refractivity contribution in [2.24, 2.45) is 0 Å². The molecule has 126 valence electrons. The highest BCUT2D eigenvalue weighted by Crippen LogP contribution is 2.33. The first-order chi connectivity index (χ1) is 12.3. The molecule has 0 saturated carbocycles. The number of amides is 1. The summed E-state index contributed by atoms with van der Waals surface area (Å²) in [6, 6.07) is 15.9. The molecule has 1 atom stereocenters. The van der Waals surface area contributed by atoms with Crippen molar-refractivity contribution in [3.8, 4) is 11.4 Å². The first-order valence-electron chi connectivity index (χ1n) is 8.38. The predicted molar refractivity (Wildman–Crippen MR) is 94.7 cm³/mol. The number of carbonyl (C=O) groups is 1. The van der Waals surface area contributed by atoms with Gasteiger partial charge in [-0.3, -0.25) is 4.79 Å². The fourth-order valence-corrected chi connectivity index (χ4v) is 3.12. The quantitative estimate of drug-likeness (QED) is 0.798. The Labute approximate surface area is 146 Å². The highest BCUT2D eigenvalue weighted by atomic mass is 16.5. The van der Waals surface area contributed by atoms with Gasteiger partial charge in [-0.2, -0.15) is 0 Å². The third-order valence-electron chi connectivity index (χ3n) is 4.48. The molecular weight excluding hydrogens is 314 g/mol. The molecule has 1 amide bonds. The second kappa shape index (κ2) is 6.81. The second-order valence-electron chi connectivity index (χ2n) is 6.08. The molecule has 25 heavy (non-hydrogen) atoms. The number of nitrogens with zero attached hydrogens (tertiary/aromatic N) is 2. The van der Waals surface area contributed by atoms with Crippen LogP contribution >= 0.6 is 0 Å². The van der Waals surface area contributed by atoms with Crippen LogP contribution in [0, 0.1) is 0 Å². The number of para-hydroxylation sites is 1. The highest BCUT2D eigenvalue weighted by molar-refractivity contribution is 5.84. The molecular formula is C20H19N3O2. The van der Waals surface area contributed by atoms with E-state index in [4.69, 9.17) is 4.74 Å². The van der Waals surface area contributed by atoms with Crippen molar-refractivity contribution >= 4 is 5.91 Å². The van der Waals surface area contributed by atoms with Crippen molar-refractivity contribution in [3.63, 3.8) is 0 Å². The SMILES string of the molecule is O=C(NCc1ccc(-n2ccnc2)cc1)C1CCOc2ccccc21. The van der Waals surface area contributed by atoms with Gasteiger partial charge in [-0.1, -0.05) is 30.3 Å². The molecule has 0 bridgehead atoms. The lowest BCUT2D eigenvalue weighted by Gasteiger charge is -2.25. The van der Waals surface area contributed by atoms with Gasteiger partial charge in [-0.05, 0) is 30.2 Å². The molecule has 0 saturated heterocycles. The lowest BCUT2D eigenvalue weighted by molar-refractivity contribution is -0.123. The van der Waals surface area contributed by atoms with Gasteiger partial charge >= 0.3 is 0 Å². The van der Waals surface area contributed by atoms with Crippen LogP contribution in [0.25, 0.3) is 5.69 Å². The van der Waals surface area contributed by atoms with E-state index < -0.39 is 0 Å². The van der Waals surface area contributed by atoms with Crippen LogP contribution in [0.1, 0.15) is 23.5 Å². The molecule has 3 aromatic rings. The van der Waals surface area contributed by atoms with Gasteiger partial charge in [0.2, 0.25) is 5.91 Å². The second-order valence-corrected chi connectivity index (χ2v) is 6.08. The number of benzene rings is 2. The summed E-state index contributed by atoms with van der Waals surface area (Å²) in [4.78, 5) is 16.7. The number of carbonyl (C=O) groups excluding carboxylic acids is 1. The third kappa shape index (κ3) is 3.26. The smallest absolute Gasteiger partial charge is 0.228 e. The molecule has 0 spiro atoms. The van der Waals surface area contributed by atoms with E-state index in [9.17, 15) is 4.79 Å². The molecule has 1 aliphatic rings. The number of rotatable bonds is 4. The van der Waals surface area contributed by atoms with Gasteiger partial charge in [0.1, 0.15) is 5.75 Å². The normalized spacial score (nSPS) is 15.9. The average Bonchev–Trinajstić information content (AvgIpc) is 3.21. The Morgan fingerprint density at radius 1 is 1.20 bits per heavy atom. The van der Waals surface area contributed by atoms with Crippen LogP contribution in [0.4, 0.5) is 0 Å². The number of fused-ring (bicyclic) bond motifs is 1. The van der Waals surface area contributed by atoms with E-state index >= 15 is 0 Å². The largest absolute Gasteiger partial charge is 0.493 e. The molecule has 0 aliphatic carbocycles. The molecule has 2 heterocycles. The summed E-state index contributed by atoms with van der Waals surface area (Å²) >= 11 is 0. The molecule has 1 unspecified atom stereocenters. The summed E-state index contributed by atoms with van der Waals surface area (Å²) in [5.74, 6) is 0.725. The summed E-state index contributed by atoms with van der Waals surface area (Å²) in [6.45, 7) is 1.09. The Morgan fingerprint density at radius 3 is 2.84 bits per heavy atom. The van der Waals surface area contributed by atoms with E-state index in [-0.39, 0.29) is 11.8 Å². The van der Waals surface area contributed by atoms with Crippen molar-refractivity contribution in [2.45, 2.75) is 18.9 Å². The minimum Gasteiger partial charge on any atom is -0.493 e. The van der Waals surface area contributed by atoms with Crippen molar-refractivity contribution in [1.29, 1.82) is 0 Å². The van der Waals surface area contributed by atoms with Gasteiger partial charge in [0.25, 0.3) is 0 Å². The molecule has 2 aromatic carbocycles. The molecule has 0 fully saturated rings. The van der Waals surface area contributed by atoms with E-state index in [2.05, 4.69) is 10.3 Å². The molecule has 1 aromatic heterocycles. The van der Waals surface area contributed by atoms with Crippen LogP contribution in [0.5, 0.6) is 5.75 Å². The number of nitrogens with one attached hydrogen (secondary N) is 1. The summed E-state index contributed by atoms with van der Waals surface area (Å²) in [5.41, 5.74) is 3.09. The van der Waals surface area contributed by atoms with Crippen molar-refractivity contribution in [3.05, 3.63) is 78.4 Å². The minimum absolute atomic E-state index is 0.0504. The lowest BCUT2D eigenvalue weighted by Crippen LogP contribution is -2.32. The summed E-state index contributed by atoms with van der Waals surface area (Å²) < 4.78 is 7.57. The molecule has 5 nitrogen and oxygen atoms in total. The molecule has 5 heteroatoms. The predicted octanol–water partition coefficient (Wildman–Crippen LogP) is 3.05. The van der Waals surface area contributed by atoms with Gasteiger partial charge < -0.3 is 14.6 Å². The van der Waals surface area contributed by atoms with Crippen molar-refractivity contribution < 1.29 is 9.53 Å². The topological polar surface area (TPSA) is 56.2 Å². The van der Waals surface area contributed by atoms with Gasteiger partial charge in [-0.15, -0.1) is 0 Å². The number of imidazole rings is 1. The molecule has 1 aliphatic heterocycles. The monoisotopic (exact) mass is 333 g/mol. The summed E-state index contributed by atoms with van der Waals surface area (Å²) in [5, 5.41) is 3.05. The van der Waals surface area contributed by atoms with Crippen LogP contribution < -0.4 is 10.1 Å². The number of ether oxygens (including phenoxy) is 1. The first kappa shape index (κ1) is 15.4. The van der Waals surface area contributed by atoms with Crippen molar-refractivity contribution in [2.75, 3.05) is 6.61 Å². The summed E-state index contributed by atoms with van der Waals surface area (Å²) in [7, 11) is 0. The fraction of sp³-hybridized carbons (Fsp3) is 0.200. The standard InChI is InChI=1S/C20H19N3O2/c24-20(18-9-12-25-19-4-2-1-3-17(18)19)22-13-15-5-7-16(8-6-15)23-11-10-21-14-23/h1-8,10-11,14,18H,9,12-13H2,(H,22,24). The highest BCUT2D eigenvalue weighted by Gasteiger charge is 2.27. The Bertz CT molecular complexity index is 857. The Balaban J connectivity index is 1.41. The van der Waals surface area contributed by atoms with E-state index in [1.807, 2.05) is 59.3 Å². The van der Waals surface area contributed by atoms with Crippen LogP contribution in [-0.4, -0.2) is 22.1 Å². The maximum absolute atomic E-state index is 12.6. The van der Waals surface area contributed by atoms with Gasteiger partial charge in [0, 0.05) is 30.2 Å². The van der Waals surface area contributed by atoms with Crippen LogP contribution in [0.3, 0.4) is 0 Å². The minimum atomic E-state index is -0.143. The summed E-state index contributed by atoms with van der Waals surface area (Å²) in [6.07, 6.45) is 6.13.